The molecule has 0 saturated heterocycles. The smallest absolute Gasteiger partial charge is 0.322 e. The van der Waals surface area contributed by atoms with Crippen LogP contribution in [0.15, 0.2) is 0 Å². The Balaban J connectivity index is 5.15. The van der Waals surface area contributed by atoms with Gasteiger partial charge in [0.25, 0.3) is 18.0 Å². The molecule has 0 aromatic carbocycles. The molecule has 0 rings (SSSR count). The highest BCUT2D eigenvalue weighted by atomic mass is 28.5. The molecule has 246 valence electrons. The van der Waals surface area contributed by atoms with Crippen molar-refractivity contribution in [1.29, 1.82) is 0 Å². The quantitative estimate of drug-likeness (QED) is 0.117. The molecule has 0 aliphatic carbocycles. The lowest BCUT2D eigenvalue weighted by molar-refractivity contribution is 0.230. The molecule has 41 heavy (non-hydrogen) atoms. The van der Waals surface area contributed by atoms with Crippen molar-refractivity contribution in [2.45, 2.75) is 136 Å². The molecule has 0 heterocycles. The Morgan fingerprint density at radius 3 is 1.32 bits per heavy atom. The van der Waals surface area contributed by atoms with Crippen molar-refractivity contribution in [2.75, 3.05) is 6.61 Å². The van der Waals surface area contributed by atoms with Gasteiger partial charge < -0.3 is 37.7 Å². The largest absolute Gasteiger partial charge is 0.441 e. The summed E-state index contributed by atoms with van der Waals surface area (Å²) in [5, 5.41) is 0. The summed E-state index contributed by atoms with van der Waals surface area (Å²) in [6.45, 7) is 38.9. The van der Waals surface area contributed by atoms with Crippen LogP contribution < -0.4 is 0 Å². The lowest BCUT2D eigenvalue weighted by Crippen LogP contribution is -2.60. The van der Waals surface area contributed by atoms with E-state index in [-0.39, 0.29) is 0 Å². The second kappa shape index (κ2) is 16.5. The monoisotopic (exact) mass is 752 g/mol. The molecular formula is C22H64O9Si10. The molecule has 2 atom stereocenters. The van der Waals surface area contributed by atoms with E-state index in [2.05, 4.69) is 105 Å². The summed E-state index contributed by atoms with van der Waals surface area (Å²) in [5.74, 6) is 0. The van der Waals surface area contributed by atoms with Crippen molar-refractivity contribution in [2.24, 2.45) is 0 Å². The molecular weight excluding hydrogens is 689 g/mol. The van der Waals surface area contributed by atoms with Crippen LogP contribution in [0.3, 0.4) is 0 Å². The SMILES string of the molecule is CC[Si](=O)C[SiH](C)O[SiH](C)O[Si](C)(C)O[Si](C)(C)O[Si](C)(C)O[Si](C)(C)O[Si](C)(C)O[Si](C)(C)OCC[Si](C)(C)C. The Hall–Kier alpha value is 1.65. The normalized spacial score (nSPS) is 16.1. The van der Waals surface area contributed by atoms with Gasteiger partial charge in [-0.05, 0) is 104 Å². The van der Waals surface area contributed by atoms with Gasteiger partial charge in [-0.2, -0.15) is 0 Å². The second-order valence-electron chi connectivity index (χ2n) is 14.8. The Morgan fingerprint density at radius 2 is 0.951 bits per heavy atom. The summed E-state index contributed by atoms with van der Waals surface area (Å²) < 4.78 is 64.1. The average Bonchev–Trinajstić information content (AvgIpc) is 2.59. The summed E-state index contributed by atoms with van der Waals surface area (Å²) >= 11 is 0. The average molecular weight is 754 g/mol. The Bertz CT molecular complexity index is 820. The van der Waals surface area contributed by atoms with E-state index < -0.39 is 86.4 Å². The molecule has 0 amide bonds. The van der Waals surface area contributed by atoms with Crippen molar-refractivity contribution in [3.63, 3.8) is 0 Å². The predicted octanol–water partition coefficient (Wildman–Crippen LogP) is 6.85. The number of hydrogen-bond acceptors (Lipinski definition) is 9. The Morgan fingerprint density at radius 1 is 0.585 bits per heavy atom. The van der Waals surface area contributed by atoms with E-state index in [0.717, 1.165) is 24.4 Å². The lowest BCUT2D eigenvalue weighted by Gasteiger charge is -2.43. The van der Waals surface area contributed by atoms with Crippen LogP contribution in [-0.2, 0) is 37.7 Å². The van der Waals surface area contributed by atoms with Crippen LogP contribution in [0.1, 0.15) is 6.92 Å². The first kappa shape index (κ1) is 42.6. The molecule has 0 radical (unpaired) electrons. The first-order chi connectivity index (χ1) is 18.0. The topological polar surface area (TPSA) is 90.9 Å². The van der Waals surface area contributed by atoms with Gasteiger partial charge >= 0.3 is 51.4 Å². The zero-order chi connectivity index (χ0) is 32.7. The first-order valence-corrected chi connectivity index (χ1v) is 41.9. The fourth-order valence-corrected chi connectivity index (χ4v) is 44.7. The van der Waals surface area contributed by atoms with Crippen molar-refractivity contribution in [1.82, 2.24) is 0 Å². The van der Waals surface area contributed by atoms with Crippen LogP contribution >= 0.6 is 0 Å². The van der Waals surface area contributed by atoms with Gasteiger partial charge in [-0.3, -0.25) is 0 Å². The summed E-state index contributed by atoms with van der Waals surface area (Å²) in [7, 11) is -21.2. The van der Waals surface area contributed by atoms with Crippen LogP contribution in [0.2, 0.25) is 129 Å². The van der Waals surface area contributed by atoms with Crippen molar-refractivity contribution in [3.05, 3.63) is 0 Å². The van der Waals surface area contributed by atoms with E-state index in [0.29, 0.717) is 0 Å². The minimum absolute atomic E-state index is 0.739. The van der Waals surface area contributed by atoms with E-state index in [4.69, 9.17) is 33.2 Å². The third-order valence-electron chi connectivity index (χ3n) is 5.54. The van der Waals surface area contributed by atoms with Crippen LogP contribution in [0.25, 0.3) is 0 Å². The summed E-state index contributed by atoms with van der Waals surface area (Å²) in [6.07, 6.45) is 0. The highest BCUT2D eigenvalue weighted by Crippen LogP contribution is 2.28. The van der Waals surface area contributed by atoms with E-state index in [1.165, 1.54) is 0 Å². The fraction of sp³-hybridized carbons (Fsp3) is 1.00. The summed E-state index contributed by atoms with van der Waals surface area (Å²) in [5.41, 5.74) is 0.739. The van der Waals surface area contributed by atoms with Crippen LogP contribution in [-0.4, -0.2) is 93.1 Å². The second-order valence-corrected chi connectivity index (χ2v) is 49.8. The van der Waals surface area contributed by atoms with E-state index in [1.54, 1.807) is 0 Å². The third-order valence-corrected chi connectivity index (χ3v) is 39.7. The van der Waals surface area contributed by atoms with Gasteiger partial charge in [-0.1, -0.05) is 26.6 Å². The predicted molar refractivity (Wildman–Crippen MR) is 194 cm³/mol. The van der Waals surface area contributed by atoms with Crippen LogP contribution in [0, 0.1) is 0 Å². The standard InChI is InChI=1S/C22H64O9Si10/c1-19-34(23)22-32(2)25-33(3)26-37(9,10)28-39(13,14)30-41(17,18)31-40(15,16)29-38(11,12)27-36(7,8)24-20-21-35(4,5)6/h32-33H,19-22H2,1-18H3. The molecule has 9 nitrogen and oxygen atoms in total. The van der Waals surface area contributed by atoms with Gasteiger partial charge in [0, 0.05) is 20.3 Å². The molecule has 0 N–H and O–H groups in total. The third kappa shape index (κ3) is 21.9. The van der Waals surface area contributed by atoms with E-state index in [9.17, 15) is 4.46 Å². The maximum Gasteiger partial charge on any atom is 0.322 e. The molecule has 19 heteroatoms. The molecule has 0 saturated carbocycles. The van der Waals surface area contributed by atoms with Gasteiger partial charge in [0.2, 0.25) is 0 Å². The zero-order valence-corrected chi connectivity index (χ0v) is 40.0. The number of rotatable bonds is 21. The molecule has 0 aliphatic rings. The van der Waals surface area contributed by atoms with Gasteiger partial charge in [0.15, 0.2) is 9.04 Å². The van der Waals surface area contributed by atoms with Gasteiger partial charge in [-0.25, -0.2) is 0 Å². The highest BCUT2D eigenvalue weighted by Gasteiger charge is 2.48. The Kier molecular flexibility index (Phi) is 17.1. The maximum absolute atomic E-state index is 12.0. The number of hydrogen-bond donors (Lipinski definition) is 0. The molecule has 2 unspecified atom stereocenters. The Labute approximate surface area is 265 Å². The molecule has 0 aliphatic heterocycles. The van der Waals surface area contributed by atoms with Crippen molar-refractivity contribution in [3.8, 4) is 0 Å². The van der Waals surface area contributed by atoms with Gasteiger partial charge in [0.05, 0.1) is 0 Å². The van der Waals surface area contributed by atoms with Gasteiger partial charge in [0.1, 0.15) is 0 Å². The highest BCUT2D eigenvalue weighted by molar-refractivity contribution is 6.91. The van der Waals surface area contributed by atoms with Crippen molar-refractivity contribution < 1.29 is 37.7 Å². The summed E-state index contributed by atoms with van der Waals surface area (Å²) in [4.78, 5) is 0. The van der Waals surface area contributed by atoms with Crippen LogP contribution in [0.5, 0.6) is 0 Å². The molecule has 0 aromatic rings. The first-order valence-electron chi connectivity index (χ1n) is 15.0. The van der Waals surface area contributed by atoms with Crippen molar-refractivity contribution >= 4 is 86.4 Å². The lowest BCUT2D eigenvalue weighted by atomic mass is 10.9. The molecule has 0 bridgehead atoms. The van der Waals surface area contributed by atoms with Crippen LogP contribution in [0.4, 0.5) is 0 Å². The summed E-state index contributed by atoms with van der Waals surface area (Å²) in [6, 6.07) is 1.87. The van der Waals surface area contributed by atoms with E-state index >= 15 is 0 Å². The molecule has 0 spiro atoms. The minimum atomic E-state index is -2.62. The van der Waals surface area contributed by atoms with E-state index in [1.807, 2.05) is 13.5 Å². The molecule has 0 fully saturated rings. The minimum Gasteiger partial charge on any atom is -0.441 e. The molecule has 0 aromatic heterocycles. The maximum atomic E-state index is 12.0. The zero-order valence-electron chi connectivity index (χ0n) is 29.7. The fourth-order valence-electron chi connectivity index (χ4n) is 4.97. The van der Waals surface area contributed by atoms with Gasteiger partial charge in [-0.15, -0.1) is 0 Å².